The van der Waals surface area contributed by atoms with Crippen LogP contribution >= 0.6 is 0 Å². The average Bonchev–Trinajstić information content (AvgIpc) is 0.783. The summed E-state index contributed by atoms with van der Waals surface area (Å²) in [5.74, 6) is 2.09. The smallest absolute Gasteiger partial charge is 0.187 e. The average molecular weight is 1950 g/mol. The molecule has 23 rings (SSSR count). The van der Waals surface area contributed by atoms with Gasteiger partial charge in [0, 0.05) is 133 Å². The zero-order valence-corrected chi connectivity index (χ0v) is 84.0. The van der Waals surface area contributed by atoms with E-state index in [0.29, 0.717) is 56.0 Å². The second-order valence-corrected chi connectivity index (χ2v) is 35.0. The summed E-state index contributed by atoms with van der Waals surface area (Å²) >= 11 is 0. The molecule has 2 aromatic rings. The second-order valence-electron chi connectivity index (χ2n) is 35.0. The largest absolute Gasteiger partial charge is 0.491 e. The van der Waals surface area contributed by atoms with Gasteiger partial charge in [0.1, 0.15) is 220 Å². The van der Waals surface area contributed by atoms with Crippen molar-refractivity contribution in [1.82, 2.24) is 0 Å². The lowest BCUT2D eigenvalue weighted by molar-refractivity contribution is -0.403. The van der Waals surface area contributed by atoms with Crippen molar-refractivity contribution in [2.24, 2.45) is 0 Å². The van der Waals surface area contributed by atoms with Crippen LogP contribution in [0.3, 0.4) is 0 Å². The zero-order chi connectivity index (χ0) is 97.3. The molecule has 35 atom stereocenters. The summed E-state index contributed by atoms with van der Waals surface area (Å²) in [6, 6.07) is 14.3. The Morgan fingerprint density at radius 3 is 0.507 bits per heavy atom. The van der Waals surface area contributed by atoms with Crippen LogP contribution in [0.2, 0.25) is 0 Å². The summed E-state index contributed by atoms with van der Waals surface area (Å²) in [6.45, 7) is 20.3. The van der Waals surface area contributed by atoms with Crippen molar-refractivity contribution in [3.63, 3.8) is 0 Å². The second kappa shape index (κ2) is 61.8. The van der Waals surface area contributed by atoms with Crippen molar-refractivity contribution < 1.29 is 175 Å². The van der Waals surface area contributed by atoms with Crippen LogP contribution < -0.4 is 18.9 Å². The lowest BCUT2D eigenvalue weighted by atomic mass is 9.94. The topological polar surface area (TPSA) is 342 Å². The molecule has 37 nitrogen and oxygen atoms in total. The van der Waals surface area contributed by atoms with Crippen LogP contribution in [-0.4, -0.2) is 407 Å². The summed E-state index contributed by atoms with van der Waals surface area (Å²) in [6.07, 6.45) is -22.2. The molecule has 21 fully saturated rings. The minimum absolute atomic E-state index is 0.00635. The molecule has 0 saturated carbocycles. The highest BCUT2D eigenvalue weighted by Crippen LogP contribution is 2.44. The van der Waals surface area contributed by atoms with Gasteiger partial charge in [0.05, 0.1) is 33.0 Å². The predicted octanol–water partition coefficient (Wildman–Crippen LogP) is 10.3. The molecule has 136 heavy (non-hydrogen) atoms. The van der Waals surface area contributed by atoms with Gasteiger partial charge in [0.25, 0.3) is 0 Å². The van der Waals surface area contributed by atoms with E-state index < -0.39 is 215 Å². The van der Waals surface area contributed by atoms with Gasteiger partial charge in [0.2, 0.25) is 0 Å². The lowest BCUT2D eigenvalue weighted by Gasteiger charge is -2.52. The minimum Gasteiger partial charge on any atom is -0.491 e. The molecule has 0 amide bonds. The van der Waals surface area contributed by atoms with E-state index in [1.165, 1.54) is 28.4 Å². The Bertz CT molecular complexity index is 3390. The number of benzene rings is 2. The quantitative estimate of drug-likeness (QED) is 0.0439. The van der Waals surface area contributed by atoms with Crippen LogP contribution in [0.5, 0.6) is 23.0 Å². The van der Waals surface area contributed by atoms with Gasteiger partial charge in [-0.25, -0.2) is 0 Å². The summed E-state index contributed by atoms with van der Waals surface area (Å²) < 4.78 is 254. The Labute approximate surface area is 806 Å². The van der Waals surface area contributed by atoms with Gasteiger partial charge in [-0.3, -0.25) is 0 Å². The van der Waals surface area contributed by atoms with E-state index in [0.717, 1.165) is 96.3 Å². The molecule has 0 radical (unpaired) electrons. The Morgan fingerprint density at radius 1 is 0.206 bits per heavy atom. The van der Waals surface area contributed by atoms with Crippen molar-refractivity contribution in [3.05, 3.63) is 73.8 Å². The number of unbranched alkanes of at least 4 members (excludes halogenated alkanes) is 10. The fourth-order valence-electron chi connectivity index (χ4n) is 18.9. The van der Waals surface area contributed by atoms with Crippen LogP contribution in [0, 0.1) is 0 Å². The Morgan fingerprint density at radius 2 is 0.360 bits per heavy atom. The van der Waals surface area contributed by atoms with E-state index in [1.54, 1.807) is 132 Å². The molecule has 21 heterocycles. The Hall–Kier alpha value is -4.20. The molecular weight excluding hydrogens is 1780 g/mol. The molecule has 782 valence electrons. The highest BCUT2D eigenvalue weighted by molar-refractivity contribution is 5.32. The van der Waals surface area contributed by atoms with Crippen LogP contribution in [0.4, 0.5) is 0 Å². The summed E-state index contributed by atoms with van der Waals surface area (Å²) in [5.41, 5.74) is 0. The molecular formula is C99H164O37. The molecule has 21 aliphatic heterocycles. The molecule has 0 N–H and O–H groups in total. The van der Waals surface area contributed by atoms with E-state index in [9.17, 15) is 0 Å². The van der Waals surface area contributed by atoms with Gasteiger partial charge in [-0.1, -0.05) is 124 Å². The van der Waals surface area contributed by atoms with E-state index in [4.69, 9.17) is 175 Å². The first-order chi connectivity index (χ1) is 66.6. The molecule has 0 unspecified atom stereocenters. The number of hydrogen-bond donors (Lipinski definition) is 0. The molecule has 0 aromatic heterocycles. The Kier molecular flexibility index (Phi) is 51.7. The molecule has 14 bridgehead atoms. The fraction of sp³-hybridized carbons (Fsp3) is 0.838. The Balaban J connectivity index is 1.15. The van der Waals surface area contributed by atoms with Gasteiger partial charge in [-0.05, 0) is 80.6 Å². The third kappa shape index (κ3) is 30.7. The first-order valence-corrected chi connectivity index (χ1v) is 49.0. The number of rotatable bonds is 56. The van der Waals surface area contributed by atoms with Crippen molar-refractivity contribution >= 4 is 0 Å². The van der Waals surface area contributed by atoms with Crippen molar-refractivity contribution in [2.45, 2.75) is 346 Å². The van der Waals surface area contributed by atoms with E-state index >= 15 is 0 Å². The molecule has 2 aromatic carbocycles. The maximum Gasteiger partial charge on any atom is 0.187 e. The summed E-state index contributed by atoms with van der Waals surface area (Å²) in [5, 5.41) is 0. The molecule has 0 spiro atoms. The highest BCUT2D eigenvalue weighted by Gasteiger charge is 2.63. The minimum atomic E-state index is -1.37. The van der Waals surface area contributed by atoms with Crippen molar-refractivity contribution in [2.75, 3.05) is 192 Å². The van der Waals surface area contributed by atoms with Crippen LogP contribution in [0.25, 0.3) is 0 Å². The van der Waals surface area contributed by atoms with Crippen molar-refractivity contribution in [1.29, 1.82) is 0 Å². The van der Waals surface area contributed by atoms with Crippen molar-refractivity contribution in [3.8, 4) is 23.0 Å². The molecule has 0 aliphatic carbocycles. The molecule has 21 aliphatic rings. The number of methoxy groups -OCH3 is 14. The first kappa shape index (κ1) is 114. The maximum atomic E-state index is 7.48. The van der Waals surface area contributed by atoms with E-state index in [-0.39, 0.29) is 59.5 Å². The first-order valence-electron chi connectivity index (χ1n) is 49.0. The third-order valence-electron chi connectivity index (χ3n) is 26.1. The summed E-state index contributed by atoms with van der Waals surface area (Å²) in [4.78, 5) is 0. The van der Waals surface area contributed by atoms with Crippen LogP contribution in [-0.2, 0) is 156 Å². The molecule has 37 heteroatoms. The zero-order valence-electron chi connectivity index (χ0n) is 84.0. The van der Waals surface area contributed by atoms with Gasteiger partial charge >= 0.3 is 0 Å². The monoisotopic (exact) mass is 1950 g/mol. The standard InChI is InChI=1S/C99H164O37/c1-22-29-34-49-114-54-65-72-79(100-8)86(107-15)93(123-65)131-73-66(55-115-50-35-30-23-2)125-95(88(109-17)80(73)101-9)133-75-68(57-117-52-37-32-25-4)127-97(90(111-19)82(75)103-11)135-77-70(59-121-63-43-39-61(40-44-63)119-47-27-6)129-99(92(113-21)84(77)105-13)136-78-71(60-122-64-45-41-62(42-46-64)120-48-28-7)128-98(91(112-20)85(78)106-14)134-76-69(58-118-53-38-33-26-5)126-96(89(110-18)83(76)104-12)132-74-67(56-116-51-36-31-24-3)124-94(130-72)87(108-16)81(74)102-10/h27-28,39-46,65-99H,6-7,22-26,29-38,47-60H2,1-5,8-21H3/t65-,66-,67-,68-,69-,70-,71-,72-,73-,74-,75-,76-,77-,78-,79+,80+,81+,82+,83+,84+,85+,86-,87-,88+,89-,90+,91-,92-,93-,94-,95-,96-,97-,98-,99-/m1/s1. The van der Waals surface area contributed by atoms with Gasteiger partial charge < -0.3 is 175 Å². The van der Waals surface area contributed by atoms with Gasteiger partial charge in [-0.2, -0.15) is 0 Å². The van der Waals surface area contributed by atoms with Crippen LogP contribution in [0.1, 0.15) is 131 Å². The number of ether oxygens (including phenoxy) is 37. The normalized spacial score (nSPS) is 36.3. The number of hydrogen-bond acceptors (Lipinski definition) is 37. The lowest BCUT2D eigenvalue weighted by Crippen LogP contribution is -2.69. The third-order valence-corrected chi connectivity index (χ3v) is 26.1. The van der Waals surface area contributed by atoms with E-state index in [2.05, 4.69) is 47.8 Å². The summed E-state index contributed by atoms with van der Waals surface area (Å²) in [7, 11) is 21.7. The maximum absolute atomic E-state index is 7.48. The van der Waals surface area contributed by atoms with Gasteiger partial charge in [-0.15, -0.1) is 0 Å². The SMILES string of the molecule is C=CCOc1ccc(OC[C@H]2O[C@@H]3O[C@H]4[C@H](OC)[C@@H](OC)[C@@H](O[C@H]5[C@H](OC)[C@@H](OC)[C@@H](O[C@H]6[C@H](OC)[C@@H](OC)[C@@H](O[C@H]7[C@H](OC)[C@@H](OC)[C@@H](O[C@H]8[C@H](OC)[C@H](OC)[C@@H](O[C@H]9[C@H](OC)[C@H](OC)[C@@H](O[C@H]2[C@H](OC)[C@H]3OC)O[C@@H]9COCCCCC)O[C@@H]8COCCCCC)O[C@@H]7COCCCCC)O[C@@H]6COCCCCC)O[C@@H]5COCCCCC)O[C@@H]4COc2ccc(OCC=C)cc2)cc1. The highest BCUT2D eigenvalue weighted by atomic mass is 16.8. The van der Waals surface area contributed by atoms with Gasteiger partial charge in [0.15, 0.2) is 44.0 Å². The van der Waals surface area contributed by atoms with E-state index in [1.807, 2.05) is 0 Å². The van der Waals surface area contributed by atoms with Crippen LogP contribution in [0.15, 0.2) is 73.8 Å². The fourth-order valence-corrected chi connectivity index (χ4v) is 18.9. The molecule has 21 saturated heterocycles. The predicted molar refractivity (Wildman–Crippen MR) is 493 cm³/mol.